The molecule has 9 nitrogen and oxygen atoms in total. The van der Waals surface area contributed by atoms with Gasteiger partial charge in [-0.2, -0.15) is 0 Å². The minimum absolute atomic E-state index is 0.0114. The molecule has 0 radical (unpaired) electrons. The summed E-state index contributed by atoms with van der Waals surface area (Å²) in [6.07, 6.45) is -4.91. The van der Waals surface area contributed by atoms with Crippen molar-refractivity contribution in [1.29, 1.82) is 0 Å². The highest BCUT2D eigenvalue weighted by Gasteiger charge is 2.31. The lowest BCUT2D eigenvalue weighted by Gasteiger charge is -2.10. The van der Waals surface area contributed by atoms with Crippen molar-refractivity contribution in [2.75, 3.05) is 5.73 Å². The van der Waals surface area contributed by atoms with Crippen LogP contribution in [-0.2, 0) is 9.84 Å². The number of halogens is 3. The number of benzene rings is 1. The summed E-state index contributed by atoms with van der Waals surface area (Å²) in [6.45, 7) is 1.41. The van der Waals surface area contributed by atoms with Crippen LogP contribution in [-0.4, -0.2) is 35.1 Å². The van der Waals surface area contributed by atoms with E-state index >= 15 is 0 Å². The van der Waals surface area contributed by atoms with Crippen LogP contribution in [0, 0.1) is 0 Å². The molecular weight excluding hydrogens is 417 g/mol. The predicted octanol–water partition coefficient (Wildman–Crippen LogP) is 2.50. The molecule has 0 fully saturated rings. The van der Waals surface area contributed by atoms with Crippen molar-refractivity contribution in [3.63, 3.8) is 0 Å². The molecule has 3 aromatic rings. The molecule has 0 saturated carbocycles. The molecule has 1 aromatic carbocycles. The zero-order valence-electron chi connectivity index (χ0n) is 14.6. The molecule has 0 aliphatic heterocycles. The number of nitrogens with zero attached hydrogens (tertiary/aromatic N) is 3. The summed E-state index contributed by atoms with van der Waals surface area (Å²) in [7, 11) is -4.12. The van der Waals surface area contributed by atoms with Gasteiger partial charge >= 0.3 is 6.36 Å². The Morgan fingerprint density at radius 3 is 2.34 bits per heavy atom. The maximum Gasteiger partial charge on any atom is 0.573 e. The number of pyridine rings is 1. The molecule has 1 unspecified atom stereocenters. The molecule has 0 aliphatic carbocycles. The van der Waals surface area contributed by atoms with Crippen molar-refractivity contribution < 1.29 is 35.8 Å². The van der Waals surface area contributed by atoms with E-state index in [-0.39, 0.29) is 33.0 Å². The van der Waals surface area contributed by atoms with Crippen LogP contribution in [0.25, 0.3) is 11.6 Å². The third-order valence-corrected chi connectivity index (χ3v) is 5.31. The number of ether oxygens (including phenoxy) is 1. The second-order valence-corrected chi connectivity index (χ2v) is 7.70. The standard InChI is InChI=1S/C16H13F3N4O5S/c1-8(24)14-22-23-15(27-14)13-12(20)6-11(7-21-13)29(25,26)10-4-2-9(3-5-10)28-16(17,18)19/h2-8,24H,20H2,1H3. The van der Waals surface area contributed by atoms with E-state index in [9.17, 15) is 26.7 Å². The van der Waals surface area contributed by atoms with E-state index in [1.54, 1.807) is 0 Å². The average molecular weight is 430 g/mol. The van der Waals surface area contributed by atoms with Crippen LogP contribution in [0.3, 0.4) is 0 Å². The topological polar surface area (TPSA) is 141 Å². The van der Waals surface area contributed by atoms with Gasteiger partial charge in [0, 0.05) is 6.20 Å². The minimum atomic E-state index is -4.89. The van der Waals surface area contributed by atoms with E-state index in [1.165, 1.54) is 6.92 Å². The zero-order chi connectivity index (χ0) is 21.4. The average Bonchev–Trinajstić information content (AvgIpc) is 3.11. The third-order valence-electron chi connectivity index (χ3n) is 3.57. The number of hydrogen-bond acceptors (Lipinski definition) is 9. The maximum absolute atomic E-state index is 12.7. The number of nitrogen functional groups attached to an aromatic ring is 1. The molecule has 2 aromatic heterocycles. The molecule has 3 N–H and O–H groups in total. The number of nitrogens with two attached hydrogens (primary N) is 1. The Morgan fingerprint density at radius 1 is 1.17 bits per heavy atom. The molecule has 0 amide bonds. The molecule has 29 heavy (non-hydrogen) atoms. The van der Waals surface area contributed by atoms with Gasteiger partial charge in [0.1, 0.15) is 11.9 Å². The third kappa shape index (κ3) is 4.46. The lowest BCUT2D eigenvalue weighted by atomic mass is 10.3. The van der Waals surface area contributed by atoms with E-state index in [0.717, 1.165) is 36.5 Å². The molecule has 0 bridgehead atoms. The summed E-state index contributed by atoms with van der Waals surface area (Å²) in [5.41, 5.74) is 5.76. The Bertz CT molecular complexity index is 1130. The quantitative estimate of drug-likeness (QED) is 0.624. The Labute approximate surface area is 161 Å². The summed E-state index contributed by atoms with van der Waals surface area (Å²) in [4.78, 5) is 3.35. The molecule has 0 spiro atoms. The van der Waals surface area contributed by atoms with Crippen LogP contribution in [0.4, 0.5) is 18.9 Å². The van der Waals surface area contributed by atoms with Gasteiger partial charge in [0.25, 0.3) is 5.89 Å². The number of anilines is 1. The number of hydrogen-bond donors (Lipinski definition) is 2. The number of aliphatic hydroxyl groups excluding tert-OH is 1. The second-order valence-electron chi connectivity index (χ2n) is 5.75. The van der Waals surface area contributed by atoms with Crippen molar-refractivity contribution in [1.82, 2.24) is 15.2 Å². The van der Waals surface area contributed by atoms with Crippen molar-refractivity contribution in [2.24, 2.45) is 0 Å². The van der Waals surface area contributed by atoms with Crippen LogP contribution >= 0.6 is 0 Å². The fraction of sp³-hybridized carbons (Fsp3) is 0.188. The Hall–Kier alpha value is -3.19. The van der Waals surface area contributed by atoms with E-state index in [2.05, 4.69) is 19.9 Å². The summed E-state index contributed by atoms with van der Waals surface area (Å²) < 4.78 is 70.9. The van der Waals surface area contributed by atoms with E-state index in [1.807, 2.05) is 0 Å². The predicted molar refractivity (Wildman–Crippen MR) is 91.2 cm³/mol. The highest BCUT2D eigenvalue weighted by molar-refractivity contribution is 7.91. The minimum Gasteiger partial charge on any atom is -0.416 e. The zero-order valence-corrected chi connectivity index (χ0v) is 15.4. The fourth-order valence-corrected chi connectivity index (χ4v) is 3.48. The highest BCUT2D eigenvalue weighted by atomic mass is 32.2. The van der Waals surface area contributed by atoms with Gasteiger partial charge in [-0.25, -0.2) is 13.4 Å². The Balaban J connectivity index is 1.90. The van der Waals surface area contributed by atoms with Gasteiger partial charge in [0.2, 0.25) is 15.7 Å². The number of sulfone groups is 1. The fourth-order valence-electron chi connectivity index (χ4n) is 2.24. The summed E-state index contributed by atoms with van der Waals surface area (Å²) >= 11 is 0. The maximum atomic E-state index is 12.7. The number of rotatable bonds is 5. The normalized spacial score (nSPS) is 13.3. The Kier molecular flexibility index (Phi) is 5.19. The lowest BCUT2D eigenvalue weighted by Crippen LogP contribution is -2.17. The summed E-state index contributed by atoms with van der Waals surface area (Å²) in [5.74, 6) is -0.746. The van der Waals surface area contributed by atoms with Gasteiger partial charge in [-0.05, 0) is 37.3 Å². The molecule has 13 heteroatoms. The van der Waals surface area contributed by atoms with Gasteiger partial charge in [-0.3, -0.25) is 0 Å². The van der Waals surface area contributed by atoms with Crippen molar-refractivity contribution >= 4 is 15.5 Å². The van der Waals surface area contributed by atoms with E-state index in [4.69, 9.17) is 10.2 Å². The van der Waals surface area contributed by atoms with Crippen LogP contribution in [0.2, 0.25) is 0 Å². The van der Waals surface area contributed by atoms with Gasteiger partial charge in [0.05, 0.1) is 15.5 Å². The first-order valence-electron chi connectivity index (χ1n) is 7.85. The smallest absolute Gasteiger partial charge is 0.416 e. The van der Waals surface area contributed by atoms with Gasteiger partial charge in [-0.15, -0.1) is 23.4 Å². The second kappa shape index (κ2) is 7.33. The first kappa shape index (κ1) is 20.5. The Morgan fingerprint density at radius 2 is 1.83 bits per heavy atom. The first-order valence-corrected chi connectivity index (χ1v) is 9.34. The van der Waals surface area contributed by atoms with E-state index < -0.39 is 28.1 Å². The van der Waals surface area contributed by atoms with Crippen molar-refractivity contribution in [3.8, 4) is 17.3 Å². The van der Waals surface area contributed by atoms with E-state index in [0.29, 0.717) is 0 Å². The van der Waals surface area contributed by atoms with Crippen LogP contribution in [0.15, 0.2) is 50.7 Å². The largest absolute Gasteiger partial charge is 0.573 e. The molecular formula is C16H13F3N4O5S. The van der Waals surface area contributed by atoms with Gasteiger partial charge in [-0.1, -0.05) is 0 Å². The van der Waals surface area contributed by atoms with Gasteiger partial charge in [0.15, 0.2) is 5.69 Å². The first-order chi connectivity index (χ1) is 13.5. The molecule has 154 valence electrons. The van der Waals surface area contributed by atoms with Gasteiger partial charge < -0.3 is 20.0 Å². The lowest BCUT2D eigenvalue weighted by molar-refractivity contribution is -0.274. The van der Waals surface area contributed by atoms with Crippen LogP contribution in [0.1, 0.15) is 18.9 Å². The molecule has 0 aliphatic rings. The van der Waals surface area contributed by atoms with Crippen molar-refractivity contribution in [2.45, 2.75) is 29.2 Å². The number of aromatic nitrogens is 3. The monoisotopic (exact) mass is 430 g/mol. The molecule has 2 heterocycles. The molecule has 0 saturated heterocycles. The van der Waals surface area contributed by atoms with Crippen molar-refractivity contribution in [3.05, 3.63) is 42.4 Å². The van der Waals surface area contributed by atoms with Crippen LogP contribution in [0.5, 0.6) is 5.75 Å². The molecule has 3 rings (SSSR count). The summed E-state index contributed by atoms with van der Waals surface area (Å²) in [6, 6.07) is 4.79. The summed E-state index contributed by atoms with van der Waals surface area (Å²) in [5, 5.41) is 16.7. The SMILES string of the molecule is CC(O)c1nnc(-c2ncc(S(=O)(=O)c3ccc(OC(F)(F)F)cc3)cc2N)o1. The highest BCUT2D eigenvalue weighted by Crippen LogP contribution is 2.30. The number of aliphatic hydroxyl groups is 1. The number of alkyl halides is 3. The van der Waals surface area contributed by atoms with Crippen LogP contribution < -0.4 is 10.5 Å². The molecule has 1 atom stereocenters.